The van der Waals surface area contributed by atoms with Crippen LogP contribution in [0.25, 0.3) is 17.3 Å². The van der Waals surface area contributed by atoms with Gasteiger partial charge in [0, 0.05) is 51.3 Å². The van der Waals surface area contributed by atoms with Crippen molar-refractivity contribution < 1.29 is 14.4 Å². The lowest BCUT2D eigenvalue weighted by molar-refractivity contribution is -0.115. The largest absolute Gasteiger partial charge is 0.378 e. The van der Waals surface area contributed by atoms with Crippen LogP contribution >= 0.6 is 39.0 Å². The van der Waals surface area contributed by atoms with E-state index in [4.69, 9.17) is 0 Å². The fourth-order valence-electron chi connectivity index (χ4n) is 4.37. The zero-order valence-electron chi connectivity index (χ0n) is 25.9. The number of anilines is 3. The Morgan fingerprint density at radius 2 is 1.62 bits per heavy atom. The number of rotatable bonds is 11. The van der Waals surface area contributed by atoms with Gasteiger partial charge in [-0.1, -0.05) is 64.5 Å². The molecule has 0 bridgehead atoms. The van der Waals surface area contributed by atoms with Gasteiger partial charge >= 0.3 is 0 Å². The summed E-state index contributed by atoms with van der Waals surface area (Å²) in [6, 6.07) is 31.4. The molecule has 0 radical (unpaired) electrons. The molecule has 3 amide bonds. The molecule has 3 N–H and O–H groups in total. The first-order valence-electron chi connectivity index (χ1n) is 14.6. The Kier molecular flexibility index (Phi) is 11.3. The van der Waals surface area contributed by atoms with Crippen LogP contribution in [0, 0.1) is 0 Å². The van der Waals surface area contributed by atoms with Crippen molar-refractivity contribution in [1.82, 2.24) is 10.3 Å². The molecule has 4 aromatic carbocycles. The minimum atomic E-state index is -0.482. The molecule has 238 valence electrons. The zero-order valence-corrected chi connectivity index (χ0v) is 29.1. The molecule has 11 heteroatoms. The second kappa shape index (κ2) is 15.7. The van der Waals surface area contributed by atoms with Crippen LogP contribution in [0.3, 0.4) is 0 Å². The Bertz CT molecular complexity index is 1890. The molecule has 0 fully saturated rings. The van der Waals surface area contributed by atoms with E-state index in [9.17, 15) is 14.4 Å². The van der Waals surface area contributed by atoms with Gasteiger partial charge in [0.15, 0.2) is 5.13 Å². The number of benzene rings is 4. The molecule has 5 aromatic rings. The van der Waals surface area contributed by atoms with Gasteiger partial charge in [-0.3, -0.25) is 14.4 Å². The van der Waals surface area contributed by atoms with Crippen LogP contribution in [0.4, 0.5) is 16.5 Å². The topological polar surface area (TPSA) is 103 Å². The number of aromatic nitrogens is 1. The van der Waals surface area contributed by atoms with E-state index in [1.807, 2.05) is 92.0 Å². The molecule has 47 heavy (non-hydrogen) atoms. The summed E-state index contributed by atoms with van der Waals surface area (Å²) in [7, 11) is 3.90. The van der Waals surface area contributed by atoms with Crippen LogP contribution in [0.1, 0.15) is 22.8 Å². The summed E-state index contributed by atoms with van der Waals surface area (Å²) in [6.45, 7) is 1.82. The Morgan fingerprint density at radius 3 is 2.32 bits per heavy atom. The summed E-state index contributed by atoms with van der Waals surface area (Å²) < 4.78 is 0.984. The maximum Gasteiger partial charge on any atom is 0.272 e. The van der Waals surface area contributed by atoms with Crippen molar-refractivity contribution in [1.29, 1.82) is 0 Å². The highest BCUT2D eigenvalue weighted by Crippen LogP contribution is 2.29. The van der Waals surface area contributed by atoms with Crippen molar-refractivity contribution in [2.45, 2.75) is 17.1 Å². The molecule has 0 saturated heterocycles. The Morgan fingerprint density at radius 1 is 0.894 bits per heavy atom. The standard InChI is InChI=1S/C36H32BrN5O3S2/c1-23(33(43)41-36-40-32(22-46-36)25-14-16-27(37)17-15-25)47-30-11-7-10-28(21-30)38-35(45)31(39-34(44)26-8-5-4-6-9-26)20-24-12-18-29(19-13-24)42(2)3/h4-23H,1-3H3,(H,38,45)(H,39,44)(H,40,41,43)/b31-20+. The van der Waals surface area contributed by atoms with Crippen LogP contribution in [-0.4, -0.2) is 42.1 Å². The van der Waals surface area contributed by atoms with Crippen LogP contribution < -0.4 is 20.9 Å². The van der Waals surface area contributed by atoms with Gasteiger partial charge in [-0.15, -0.1) is 23.1 Å². The smallest absolute Gasteiger partial charge is 0.272 e. The number of amides is 3. The number of thiazole rings is 1. The highest BCUT2D eigenvalue weighted by Gasteiger charge is 2.18. The maximum absolute atomic E-state index is 13.5. The third kappa shape index (κ3) is 9.41. The minimum Gasteiger partial charge on any atom is -0.378 e. The van der Waals surface area contributed by atoms with E-state index < -0.39 is 17.1 Å². The molecular formula is C36H32BrN5O3S2. The maximum atomic E-state index is 13.5. The minimum absolute atomic E-state index is 0.0909. The molecule has 8 nitrogen and oxygen atoms in total. The normalized spacial score (nSPS) is 11.8. The van der Waals surface area contributed by atoms with Crippen LogP contribution in [0.2, 0.25) is 0 Å². The fourth-order valence-corrected chi connectivity index (χ4v) is 6.29. The van der Waals surface area contributed by atoms with E-state index in [1.165, 1.54) is 23.1 Å². The molecule has 0 aliphatic heterocycles. The Balaban J connectivity index is 1.26. The number of hydrogen-bond acceptors (Lipinski definition) is 7. The van der Waals surface area contributed by atoms with Gasteiger partial charge < -0.3 is 20.9 Å². The molecule has 0 aliphatic rings. The average Bonchev–Trinajstić information content (AvgIpc) is 3.53. The number of carbonyl (C=O) groups is 3. The van der Waals surface area contributed by atoms with Crippen molar-refractivity contribution in [2.24, 2.45) is 0 Å². The summed E-state index contributed by atoms with van der Waals surface area (Å²) in [4.78, 5) is 46.9. The summed E-state index contributed by atoms with van der Waals surface area (Å²) in [5.74, 6) is -1.07. The number of halogens is 1. The number of thioether (sulfide) groups is 1. The summed E-state index contributed by atoms with van der Waals surface area (Å²) in [5.41, 5.74) is 4.56. The van der Waals surface area contributed by atoms with E-state index in [0.717, 1.165) is 31.9 Å². The van der Waals surface area contributed by atoms with E-state index in [2.05, 4.69) is 36.9 Å². The molecule has 1 aromatic heterocycles. The molecule has 0 spiro atoms. The molecule has 1 heterocycles. The molecule has 5 rings (SSSR count). The van der Waals surface area contributed by atoms with E-state index >= 15 is 0 Å². The molecular weight excluding hydrogens is 694 g/mol. The predicted octanol–water partition coefficient (Wildman–Crippen LogP) is 8.17. The number of nitrogens with one attached hydrogen (secondary N) is 3. The summed E-state index contributed by atoms with van der Waals surface area (Å²) in [5, 5.41) is 10.6. The molecule has 1 atom stereocenters. The number of carbonyl (C=O) groups excluding carboxylic acids is 3. The van der Waals surface area contributed by atoms with Crippen molar-refractivity contribution in [3.8, 4) is 11.3 Å². The van der Waals surface area contributed by atoms with Gasteiger partial charge in [-0.05, 0) is 73.2 Å². The van der Waals surface area contributed by atoms with E-state index in [0.29, 0.717) is 16.4 Å². The second-order valence-electron chi connectivity index (χ2n) is 10.6. The van der Waals surface area contributed by atoms with Crippen molar-refractivity contribution >= 4 is 79.3 Å². The van der Waals surface area contributed by atoms with Crippen LogP contribution in [0.5, 0.6) is 0 Å². The lowest BCUT2D eigenvalue weighted by Crippen LogP contribution is -2.30. The average molecular weight is 727 g/mol. The first-order valence-corrected chi connectivity index (χ1v) is 17.2. The zero-order chi connectivity index (χ0) is 33.3. The van der Waals surface area contributed by atoms with Gasteiger partial charge in [0.2, 0.25) is 5.91 Å². The third-order valence-corrected chi connectivity index (χ3v) is 9.28. The highest BCUT2D eigenvalue weighted by molar-refractivity contribution is 9.10. The first kappa shape index (κ1) is 33.6. The van der Waals surface area contributed by atoms with E-state index in [-0.39, 0.29) is 11.6 Å². The van der Waals surface area contributed by atoms with Crippen LogP contribution in [-0.2, 0) is 9.59 Å². The van der Waals surface area contributed by atoms with Crippen molar-refractivity contribution in [2.75, 3.05) is 29.6 Å². The van der Waals surface area contributed by atoms with Crippen LogP contribution in [0.15, 0.2) is 124 Å². The molecule has 0 saturated carbocycles. The number of hydrogen-bond donors (Lipinski definition) is 3. The molecule has 0 aliphatic carbocycles. The van der Waals surface area contributed by atoms with E-state index in [1.54, 1.807) is 48.5 Å². The van der Waals surface area contributed by atoms with Gasteiger partial charge in [-0.25, -0.2) is 4.98 Å². The van der Waals surface area contributed by atoms with Crippen molar-refractivity contribution in [3.05, 3.63) is 130 Å². The Hall–Kier alpha value is -4.71. The number of nitrogens with zero attached hydrogens (tertiary/aromatic N) is 2. The summed E-state index contributed by atoms with van der Waals surface area (Å²) in [6.07, 6.45) is 1.64. The lowest BCUT2D eigenvalue weighted by atomic mass is 10.1. The highest BCUT2D eigenvalue weighted by atomic mass is 79.9. The second-order valence-corrected chi connectivity index (χ2v) is 13.8. The first-order chi connectivity index (χ1) is 22.6. The lowest BCUT2D eigenvalue weighted by Gasteiger charge is -2.14. The summed E-state index contributed by atoms with van der Waals surface area (Å²) >= 11 is 6.17. The SMILES string of the molecule is CC(Sc1cccc(NC(=O)/C(=C\c2ccc(N(C)C)cc2)NC(=O)c2ccccc2)c1)C(=O)Nc1nc(-c2ccc(Br)cc2)cs1. The van der Waals surface area contributed by atoms with Gasteiger partial charge in [0.1, 0.15) is 5.70 Å². The molecule has 1 unspecified atom stereocenters. The fraction of sp³-hybridized carbons (Fsp3) is 0.111. The quantitative estimate of drug-likeness (QED) is 0.0938. The van der Waals surface area contributed by atoms with Gasteiger partial charge in [0.25, 0.3) is 11.8 Å². The van der Waals surface area contributed by atoms with Crippen molar-refractivity contribution in [3.63, 3.8) is 0 Å². The van der Waals surface area contributed by atoms with Gasteiger partial charge in [0.05, 0.1) is 10.9 Å². The Labute approximate surface area is 290 Å². The monoisotopic (exact) mass is 725 g/mol. The van der Waals surface area contributed by atoms with Gasteiger partial charge in [-0.2, -0.15) is 0 Å². The third-order valence-electron chi connectivity index (χ3n) is 6.90. The predicted molar refractivity (Wildman–Crippen MR) is 197 cm³/mol.